The number of carbonyl (C=O) groups is 2. The highest BCUT2D eigenvalue weighted by molar-refractivity contribution is 5.93. The summed E-state index contributed by atoms with van der Waals surface area (Å²) in [6, 6.07) is 1.68. The summed E-state index contributed by atoms with van der Waals surface area (Å²) in [5.41, 5.74) is 0.566. The van der Waals surface area contributed by atoms with Crippen LogP contribution < -0.4 is 0 Å². The molecule has 3 rings (SSSR count). The van der Waals surface area contributed by atoms with Crippen LogP contribution in [0.2, 0.25) is 0 Å². The average Bonchev–Trinajstić information content (AvgIpc) is 3.28. The van der Waals surface area contributed by atoms with Gasteiger partial charge in [-0.15, -0.1) is 0 Å². The molecule has 1 aliphatic heterocycles. The molecule has 1 aromatic rings. The fourth-order valence-corrected chi connectivity index (χ4v) is 3.70. The van der Waals surface area contributed by atoms with E-state index in [1.807, 2.05) is 11.8 Å². The van der Waals surface area contributed by atoms with Crippen LogP contribution in [-0.2, 0) is 9.53 Å². The summed E-state index contributed by atoms with van der Waals surface area (Å²) in [6.45, 7) is 4.46. The molecule has 6 nitrogen and oxygen atoms in total. The number of carbonyl (C=O) groups excluding carboxylic acids is 2. The highest BCUT2D eigenvalue weighted by Crippen LogP contribution is 2.23. The first kappa shape index (κ1) is 18.0. The van der Waals surface area contributed by atoms with Crippen LogP contribution in [0.1, 0.15) is 55.8 Å². The molecule has 0 radical (unpaired) electrons. The fraction of sp³-hybridized carbons (Fsp3) is 0.684. The Morgan fingerprint density at radius 2 is 1.88 bits per heavy atom. The number of rotatable bonds is 5. The minimum atomic E-state index is -0.348. The molecule has 0 aromatic carbocycles. The van der Waals surface area contributed by atoms with Crippen LogP contribution in [0.4, 0.5) is 0 Å². The molecule has 2 heterocycles. The second-order valence-electron chi connectivity index (χ2n) is 6.92. The average molecular weight is 348 g/mol. The van der Waals surface area contributed by atoms with Crippen LogP contribution in [0, 0.1) is 0 Å². The highest BCUT2D eigenvalue weighted by Gasteiger charge is 2.30. The summed E-state index contributed by atoms with van der Waals surface area (Å²) < 4.78 is 11.1. The van der Waals surface area contributed by atoms with Gasteiger partial charge in [0.15, 0.2) is 0 Å². The van der Waals surface area contributed by atoms with E-state index in [4.69, 9.17) is 9.15 Å². The third kappa shape index (κ3) is 4.42. The van der Waals surface area contributed by atoms with Crippen molar-refractivity contribution in [1.29, 1.82) is 0 Å². The van der Waals surface area contributed by atoms with Crippen LogP contribution in [-0.4, -0.2) is 60.0 Å². The van der Waals surface area contributed by atoms with Crippen LogP contribution >= 0.6 is 0 Å². The van der Waals surface area contributed by atoms with Crippen LogP contribution in [0.25, 0.3) is 0 Å². The summed E-state index contributed by atoms with van der Waals surface area (Å²) in [5.74, 6) is 0.0457. The molecule has 0 bridgehead atoms. The van der Waals surface area contributed by atoms with E-state index < -0.39 is 0 Å². The number of hydrogen-bond donors (Lipinski definition) is 0. The Balaban J connectivity index is 1.55. The van der Waals surface area contributed by atoms with Crippen molar-refractivity contribution in [3.63, 3.8) is 0 Å². The first-order valence-electron chi connectivity index (χ1n) is 9.44. The number of furan rings is 1. The van der Waals surface area contributed by atoms with Gasteiger partial charge < -0.3 is 19.0 Å². The van der Waals surface area contributed by atoms with Gasteiger partial charge in [-0.1, -0.05) is 19.8 Å². The SMILES string of the molecule is CC[C@H](OC1CCCC1)C(=O)N1CCCN(C(=O)c2ccoc2)CC1. The van der Waals surface area contributed by atoms with Gasteiger partial charge in [0.2, 0.25) is 0 Å². The minimum Gasteiger partial charge on any atom is -0.472 e. The zero-order valence-electron chi connectivity index (χ0n) is 15.0. The van der Waals surface area contributed by atoms with Crippen LogP contribution in [0.3, 0.4) is 0 Å². The molecule has 2 fully saturated rings. The van der Waals surface area contributed by atoms with Gasteiger partial charge in [-0.2, -0.15) is 0 Å². The van der Waals surface area contributed by atoms with Crippen molar-refractivity contribution in [1.82, 2.24) is 9.80 Å². The maximum absolute atomic E-state index is 12.9. The van der Waals surface area contributed by atoms with Gasteiger partial charge in [0.1, 0.15) is 12.4 Å². The summed E-state index contributed by atoms with van der Waals surface area (Å²) in [6.07, 6.45) is 8.88. The van der Waals surface area contributed by atoms with Gasteiger partial charge in [-0.3, -0.25) is 9.59 Å². The standard InChI is InChI=1S/C19H28N2O4/c1-2-17(25-16-6-3-4-7-16)19(23)21-10-5-9-20(11-12-21)18(22)15-8-13-24-14-15/h8,13-14,16-17H,2-7,9-12H2,1H3/t17-/m0/s1. The van der Waals surface area contributed by atoms with Crippen LogP contribution in [0.15, 0.2) is 23.0 Å². The summed E-state index contributed by atoms with van der Waals surface area (Å²) in [5, 5.41) is 0. The second kappa shape index (κ2) is 8.52. The van der Waals surface area contributed by atoms with Crippen molar-refractivity contribution in [3.05, 3.63) is 24.2 Å². The van der Waals surface area contributed by atoms with Crippen LogP contribution in [0.5, 0.6) is 0 Å². The normalized spacial score (nSPS) is 20.5. The predicted octanol–water partition coefficient (Wildman–Crippen LogP) is 2.69. The highest BCUT2D eigenvalue weighted by atomic mass is 16.5. The van der Waals surface area contributed by atoms with E-state index in [0.29, 0.717) is 38.2 Å². The molecular weight excluding hydrogens is 320 g/mol. The van der Waals surface area contributed by atoms with E-state index in [1.165, 1.54) is 25.4 Å². The van der Waals surface area contributed by atoms with Crippen molar-refractivity contribution in [2.75, 3.05) is 26.2 Å². The van der Waals surface area contributed by atoms with Gasteiger partial charge in [-0.05, 0) is 31.7 Å². The lowest BCUT2D eigenvalue weighted by atomic mass is 10.2. The number of nitrogens with zero attached hydrogens (tertiary/aromatic N) is 2. The molecule has 1 saturated carbocycles. The zero-order valence-corrected chi connectivity index (χ0v) is 15.0. The van der Waals surface area contributed by atoms with Crippen molar-refractivity contribution in [3.8, 4) is 0 Å². The number of ether oxygens (including phenoxy) is 1. The Kier molecular flexibility index (Phi) is 6.13. The van der Waals surface area contributed by atoms with Gasteiger partial charge >= 0.3 is 0 Å². The first-order valence-corrected chi connectivity index (χ1v) is 9.44. The quantitative estimate of drug-likeness (QED) is 0.821. The molecule has 1 saturated heterocycles. The van der Waals surface area contributed by atoms with Crippen molar-refractivity contribution in [2.24, 2.45) is 0 Å². The van der Waals surface area contributed by atoms with Crippen molar-refractivity contribution in [2.45, 2.75) is 57.7 Å². The monoisotopic (exact) mass is 348 g/mol. The Hall–Kier alpha value is -1.82. The topological polar surface area (TPSA) is 63.0 Å². The van der Waals surface area contributed by atoms with Crippen molar-refractivity contribution < 1.29 is 18.7 Å². The molecule has 1 atom stereocenters. The van der Waals surface area contributed by atoms with E-state index in [-0.39, 0.29) is 24.0 Å². The largest absolute Gasteiger partial charge is 0.472 e. The third-order valence-electron chi connectivity index (χ3n) is 5.17. The molecule has 6 heteroatoms. The number of amides is 2. The number of hydrogen-bond acceptors (Lipinski definition) is 4. The lowest BCUT2D eigenvalue weighted by Crippen LogP contribution is -2.43. The molecule has 2 aliphatic rings. The predicted molar refractivity (Wildman–Crippen MR) is 93.2 cm³/mol. The summed E-state index contributed by atoms with van der Waals surface area (Å²) in [4.78, 5) is 29.0. The molecule has 0 N–H and O–H groups in total. The smallest absolute Gasteiger partial charge is 0.257 e. The van der Waals surface area contributed by atoms with E-state index in [1.54, 1.807) is 11.0 Å². The maximum Gasteiger partial charge on any atom is 0.257 e. The van der Waals surface area contributed by atoms with Crippen molar-refractivity contribution >= 4 is 11.8 Å². The third-order valence-corrected chi connectivity index (χ3v) is 5.17. The van der Waals surface area contributed by atoms with E-state index in [0.717, 1.165) is 19.3 Å². The molecule has 25 heavy (non-hydrogen) atoms. The van der Waals surface area contributed by atoms with Gasteiger partial charge in [-0.25, -0.2) is 0 Å². The Morgan fingerprint density at radius 3 is 2.56 bits per heavy atom. The van der Waals surface area contributed by atoms with Gasteiger partial charge in [0.05, 0.1) is 17.9 Å². The Bertz CT molecular complexity index is 566. The van der Waals surface area contributed by atoms with E-state index in [2.05, 4.69) is 0 Å². The molecule has 2 amide bonds. The lowest BCUT2D eigenvalue weighted by molar-refractivity contribution is -0.147. The lowest BCUT2D eigenvalue weighted by Gasteiger charge is -2.27. The van der Waals surface area contributed by atoms with E-state index in [9.17, 15) is 9.59 Å². The molecule has 138 valence electrons. The minimum absolute atomic E-state index is 0.0303. The summed E-state index contributed by atoms with van der Waals surface area (Å²) >= 11 is 0. The van der Waals surface area contributed by atoms with Gasteiger partial charge in [0, 0.05) is 26.2 Å². The molecule has 0 unspecified atom stereocenters. The maximum atomic E-state index is 12.9. The van der Waals surface area contributed by atoms with E-state index >= 15 is 0 Å². The Morgan fingerprint density at radius 1 is 1.16 bits per heavy atom. The Labute approximate surface area is 149 Å². The molecule has 0 spiro atoms. The second-order valence-corrected chi connectivity index (χ2v) is 6.92. The molecule has 1 aliphatic carbocycles. The van der Waals surface area contributed by atoms with Gasteiger partial charge in [0.25, 0.3) is 11.8 Å². The summed E-state index contributed by atoms with van der Waals surface area (Å²) in [7, 11) is 0. The fourth-order valence-electron chi connectivity index (χ4n) is 3.70. The zero-order chi connectivity index (χ0) is 17.6. The molecular formula is C19H28N2O4. The first-order chi connectivity index (χ1) is 12.2. The molecule has 1 aromatic heterocycles.